The first-order chi connectivity index (χ1) is 16.0. The molecule has 3 amide bonds. The average molecular weight is 449 g/mol. The maximum Gasteiger partial charge on any atom is 0.251 e. The fourth-order valence-corrected chi connectivity index (χ4v) is 3.31. The number of carbonyl (C=O) groups excluding carboxylic acids is 3. The van der Waals surface area contributed by atoms with Crippen LogP contribution in [0.25, 0.3) is 5.82 Å². The van der Waals surface area contributed by atoms with E-state index in [4.69, 9.17) is 0 Å². The van der Waals surface area contributed by atoms with Crippen LogP contribution in [0.3, 0.4) is 0 Å². The van der Waals surface area contributed by atoms with E-state index in [1.165, 1.54) is 19.6 Å². The van der Waals surface area contributed by atoms with Gasteiger partial charge in [0.2, 0.25) is 11.8 Å². The molecular formula is C21H23N9O3. The first-order valence-corrected chi connectivity index (χ1v) is 10.3. The van der Waals surface area contributed by atoms with Crippen molar-refractivity contribution in [2.45, 2.75) is 6.92 Å². The van der Waals surface area contributed by atoms with E-state index in [2.05, 4.69) is 36.0 Å². The van der Waals surface area contributed by atoms with Crippen LogP contribution in [0.1, 0.15) is 17.3 Å². The van der Waals surface area contributed by atoms with Gasteiger partial charge < -0.3 is 20.9 Å². The van der Waals surface area contributed by atoms with Crippen LogP contribution in [0.5, 0.6) is 0 Å². The van der Waals surface area contributed by atoms with Gasteiger partial charge in [-0.05, 0) is 24.3 Å². The van der Waals surface area contributed by atoms with Crippen molar-refractivity contribution < 1.29 is 14.4 Å². The molecule has 3 heterocycles. The summed E-state index contributed by atoms with van der Waals surface area (Å²) >= 11 is 0. The van der Waals surface area contributed by atoms with E-state index in [-0.39, 0.29) is 23.6 Å². The Hall–Kier alpha value is -4.35. The van der Waals surface area contributed by atoms with Crippen LogP contribution >= 0.6 is 0 Å². The molecule has 0 saturated carbocycles. The lowest BCUT2D eigenvalue weighted by molar-refractivity contribution is -0.125. The van der Waals surface area contributed by atoms with Gasteiger partial charge in [0.1, 0.15) is 24.8 Å². The number of amides is 3. The van der Waals surface area contributed by atoms with Gasteiger partial charge in [0.05, 0.1) is 5.92 Å². The van der Waals surface area contributed by atoms with Crippen LogP contribution in [-0.4, -0.2) is 68.6 Å². The van der Waals surface area contributed by atoms with Gasteiger partial charge in [0.25, 0.3) is 5.91 Å². The van der Waals surface area contributed by atoms with Crippen LogP contribution in [0.4, 0.5) is 11.5 Å². The topological polar surface area (TPSA) is 147 Å². The Morgan fingerprint density at radius 2 is 1.73 bits per heavy atom. The van der Waals surface area contributed by atoms with Gasteiger partial charge in [-0.2, -0.15) is 5.10 Å². The summed E-state index contributed by atoms with van der Waals surface area (Å²) in [4.78, 5) is 49.9. The monoisotopic (exact) mass is 449 g/mol. The van der Waals surface area contributed by atoms with Crippen LogP contribution in [0.15, 0.2) is 49.3 Å². The molecule has 1 aromatic carbocycles. The standard InChI is InChI=1S/C21H23N9O3/c1-14(31)28-17-4-2-15(3-5-17)20(32)23-6-7-24-21(33)16-9-29(10-16)18-8-19(26-12-25-18)30-13-22-11-27-30/h2-5,8,11-13,16H,6-7,9-10H2,1H3,(H,23,32)(H,24,33)(H,28,31). The predicted octanol–water partition coefficient (Wildman–Crippen LogP) is -0.00190. The van der Waals surface area contributed by atoms with Crippen molar-refractivity contribution in [3.8, 4) is 5.82 Å². The lowest BCUT2D eigenvalue weighted by Gasteiger charge is -2.39. The number of nitrogens with one attached hydrogen (secondary N) is 3. The third-order valence-electron chi connectivity index (χ3n) is 5.05. The number of carbonyl (C=O) groups is 3. The Balaban J connectivity index is 1.17. The Kier molecular flexibility index (Phi) is 6.53. The number of nitrogens with zero attached hydrogens (tertiary/aromatic N) is 6. The molecule has 1 aliphatic heterocycles. The van der Waals surface area contributed by atoms with E-state index in [0.717, 1.165) is 5.82 Å². The fourth-order valence-electron chi connectivity index (χ4n) is 3.31. The van der Waals surface area contributed by atoms with Gasteiger partial charge >= 0.3 is 0 Å². The lowest BCUT2D eigenvalue weighted by Crippen LogP contribution is -2.54. The van der Waals surface area contributed by atoms with Crippen LogP contribution in [0, 0.1) is 5.92 Å². The average Bonchev–Trinajstić information content (AvgIpc) is 3.31. The number of benzene rings is 1. The quantitative estimate of drug-likeness (QED) is 0.407. The van der Waals surface area contributed by atoms with Gasteiger partial charge in [0.15, 0.2) is 5.82 Å². The first kappa shape index (κ1) is 21.9. The number of hydrogen-bond acceptors (Lipinski definition) is 8. The lowest BCUT2D eigenvalue weighted by atomic mass is 9.99. The molecule has 0 spiro atoms. The number of aromatic nitrogens is 5. The van der Waals surface area contributed by atoms with Crippen molar-refractivity contribution in [3.63, 3.8) is 0 Å². The van der Waals surface area contributed by atoms with Gasteiger partial charge in [-0.25, -0.2) is 19.6 Å². The van der Waals surface area contributed by atoms with Gasteiger partial charge in [-0.1, -0.05) is 0 Å². The number of rotatable bonds is 8. The zero-order chi connectivity index (χ0) is 23.2. The molecule has 0 bridgehead atoms. The molecule has 1 saturated heterocycles. The summed E-state index contributed by atoms with van der Waals surface area (Å²) in [7, 11) is 0. The molecule has 0 radical (unpaired) electrons. The van der Waals surface area contributed by atoms with Crippen molar-refractivity contribution >= 4 is 29.2 Å². The molecule has 1 aliphatic rings. The highest BCUT2D eigenvalue weighted by Crippen LogP contribution is 2.23. The summed E-state index contributed by atoms with van der Waals surface area (Å²) in [6.45, 7) is 3.15. The zero-order valence-corrected chi connectivity index (χ0v) is 17.9. The van der Waals surface area contributed by atoms with Gasteiger partial charge in [-0.3, -0.25) is 14.4 Å². The predicted molar refractivity (Wildman–Crippen MR) is 119 cm³/mol. The molecule has 2 aromatic heterocycles. The molecule has 0 aliphatic carbocycles. The van der Waals surface area contributed by atoms with Crippen LogP contribution < -0.4 is 20.9 Å². The van der Waals surface area contributed by atoms with Gasteiger partial charge in [0, 0.05) is 50.4 Å². The Morgan fingerprint density at radius 3 is 2.42 bits per heavy atom. The molecule has 0 atom stereocenters. The van der Waals surface area contributed by atoms with E-state index in [9.17, 15) is 14.4 Å². The highest BCUT2D eigenvalue weighted by molar-refractivity contribution is 5.95. The summed E-state index contributed by atoms with van der Waals surface area (Å²) < 4.78 is 1.54. The van der Waals surface area contributed by atoms with Gasteiger partial charge in [-0.15, -0.1) is 0 Å². The minimum Gasteiger partial charge on any atom is -0.355 e. The molecule has 3 aromatic rings. The molecule has 4 rings (SSSR count). The summed E-state index contributed by atoms with van der Waals surface area (Å²) in [5.41, 5.74) is 1.10. The third-order valence-corrected chi connectivity index (χ3v) is 5.05. The minimum atomic E-state index is -0.250. The zero-order valence-electron chi connectivity index (χ0n) is 17.9. The molecule has 12 nitrogen and oxygen atoms in total. The summed E-state index contributed by atoms with van der Waals surface area (Å²) in [6.07, 6.45) is 4.44. The number of anilines is 2. The summed E-state index contributed by atoms with van der Waals surface area (Å²) in [5.74, 6) is 0.686. The maximum atomic E-state index is 12.4. The second kappa shape index (κ2) is 9.85. The van der Waals surface area contributed by atoms with Crippen molar-refractivity contribution in [3.05, 3.63) is 54.9 Å². The Morgan fingerprint density at radius 1 is 1.00 bits per heavy atom. The molecule has 3 N–H and O–H groups in total. The summed E-state index contributed by atoms with van der Waals surface area (Å²) in [6, 6.07) is 8.37. The largest absolute Gasteiger partial charge is 0.355 e. The second-order valence-corrected chi connectivity index (χ2v) is 7.48. The molecule has 0 unspecified atom stereocenters. The fraction of sp³-hybridized carbons (Fsp3) is 0.286. The maximum absolute atomic E-state index is 12.4. The summed E-state index contributed by atoms with van der Waals surface area (Å²) in [5, 5.41) is 12.3. The smallest absolute Gasteiger partial charge is 0.251 e. The van der Waals surface area contributed by atoms with E-state index in [1.807, 2.05) is 4.90 Å². The van der Waals surface area contributed by atoms with E-state index >= 15 is 0 Å². The van der Waals surface area contributed by atoms with Crippen LogP contribution in [0.2, 0.25) is 0 Å². The van der Waals surface area contributed by atoms with Crippen LogP contribution in [-0.2, 0) is 9.59 Å². The Bertz CT molecular complexity index is 1130. The van der Waals surface area contributed by atoms with Crippen molar-refractivity contribution in [2.75, 3.05) is 36.4 Å². The molecule has 170 valence electrons. The third kappa shape index (κ3) is 5.47. The van der Waals surface area contributed by atoms with E-state index in [1.54, 1.807) is 41.3 Å². The Labute approximate surface area is 189 Å². The van der Waals surface area contributed by atoms with Crippen molar-refractivity contribution in [1.82, 2.24) is 35.4 Å². The molecule has 1 fully saturated rings. The SMILES string of the molecule is CC(=O)Nc1ccc(C(=O)NCCNC(=O)C2CN(c3cc(-n4cncn4)ncn3)C2)cc1. The molecule has 33 heavy (non-hydrogen) atoms. The molecular weight excluding hydrogens is 426 g/mol. The number of hydrogen-bond donors (Lipinski definition) is 3. The highest BCUT2D eigenvalue weighted by atomic mass is 16.2. The van der Waals surface area contributed by atoms with Crippen molar-refractivity contribution in [1.29, 1.82) is 0 Å². The van der Waals surface area contributed by atoms with Crippen molar-refractivity contribution in [2.24, 2.45) is 5.92 Å². The first-order valence-electron chi connectivity index (χ1n) is 10.3. The van der Waals surface area contributed by atoms with E-state index in [0.29, 0.717) is 43.2 Å². The van der Waals surface area contributed by atoms with E-state index < -0.39 is 0 Å². The minimum absolute atomic E-state index is 0.0642. The molecule has 12 heteroatoms. The normalized spacial score (nSPS) is 13.2. The second-order valence-electron chi connectivity index (χ2n) is 7.48. The highest BCUT2D eigenvalue weighted by Gasteiger charge is 2.33.